The molecule has 1 amide bonds. The van der Waals surface area contributed by atoms with Gasteiger partial charge in [-0.05, 0) is 12.8 Å². The van der Waals surface area contributed by atoms with Crippen molar-refractivity contribution in [3.8, 4) is 0 Å². The molecule has 0 bridgehead atoms. The normalized spacial score (nSPS) is 23.0. The highest BCUT2D eigenvalue weighted by Gasteiger charge is 2.28. The van der Waals surface area contributed by atoms with Crippen LogP contribution in [0.25, 0.3) is 0 Å². The van der Waals surface area contributed by atoms with E-state index < -0.39 is 5.97 Å². The first-order chi connectivity index (χ1) is 9.08. The predicted octanol–water partition coefficient (Wildman–Crippen LogP) is 0.975. The lowest BCUT2D eigenvalue weighted by molar-refractivity contribution is -0.126. The van der Waals surface area contributed by atoms with Crippen LogP contribution in [-0.4, -0.2) is 28.0 Å². The number of carbonyl (C=O) groups excluding carboxylic acids is 1. The van der Waals surface area contributed by atoms with Gasteiger partial charge in [0.2, 0.25) is 5.91 Å². The van der Waals surface area contributed by atoms with E-state index in [0.29, 0.717) is 5.01 Å². The first kappa shape index (κ1) is 14.0. The molecule has 1 aromatic rings. The fourth-order valence-electron chi connectivity index (χ4n) is 2.27. The topological polar surface area (TPSA) is 105 Å². The molecule has 0 aliphatic heterocycles. The summed E-state index contributed by atoms with van der Waals surface area (Å²) in [6.45, 7) is 0.264. The Hall–Kier alpha value is -1.47. The van der Waals surface area contributed by atoms with Crippen LogP contribution in [0.15, 0.2) is 5.38 Å². The van der Waals surface area contributed by atoms with E-state index in [1.165, 1.54) is 16.7 Å². The molecule has 0 aromatic carbocycles. The van der Waals surface area contributed by atoms with Crippen LogP contribution in [0.3, 0.4) is 0 Å². The third-order valence-corrected chi connectivity index (χ3v) is 4.19. The molecule has 0 saturated heterocycles. The SMILES string of the molecule is NC1CCCCC1C(=O)NCc1nc(C(=O)O)cs1. The van der Waals surface area contributed by atoms with Gasteiger partial charge in [0.15, 0.2) is 5.69 Å². The van der Waals surface area contributed by atoms with Gasteiger partial charge in [-0.3, -0.25) is 4.79 Å². The second kappa shape index (κ2) is 6.12. The summed E-state index contributed by atoms with van der Waals surface area (Å²) in [5.41, 5.74) is 5.96. The molecule has 1 fully saturated rings. The highest BCUT2D eigenvalue weighted by atomic mass is 32.1. The van der Waals surface area contributed by atoms with E-state index in [9.17, 15) is 9.59 Å². The summed E-state index contributed by atoms with van der Waals surface area (Å²) in [7, 11) is 0. The molecule has 1 heterocycles. The summed E-state index contributed by atoms with van der Waals surface area (Å²) < 4.78 is 0. The molecule has 0 radical (unpaired) electrons. The average molecular weight is 283 g/mol. The van der Waals surface area contributed by atoms with Crippen LogP contribution in [0.2, 0.25) is 0 Å². The second-order valence-electron chi connectivity index (χ2n) is 4.70. The van der Waals surface area contributed by atoms with E-state index in [-0.39, 0.29) is 30.1 Å². The van der Waals surface area contributed by atoms with Crippen molar-refractivity contribution in [2.24, 2.45) is 11.7 Å². The monoisotopic (exact) mass is 283 g/mol. The molecule has 4 N–H and O–H groups in total. The minimum atomic E-state index is -1.05. The van der Waals surface area contributed by atoms with Crippen molar-refractivity contribution in [3.05, 3.63) is 16.1 Å². The van der Waals surface area contributed by atoms with E-state index in [0.717, 1.165) is 25.7 Å². The number of carbonyl (C=O) groups is 2. The maximum Gasteiger partial charge on any atom is 0.355 e. The molecule has 2 atom stereocenters. The Morgan fingerprint density at radius 2 is 2.21 bits per heavy atom. The number of carboxylic acid groups (broad SMARTS) is 1. The first-order valence-corrected chi connectivity index (χ1v) is 7.17. The quantitative estimate of drug-likeness (QED) is 0.763. The molecule has 1 saturated carbocycles. The zero-order valence-electron chi connectivity index (χ0n) is 10.5. The van der Waals surface area contributed by atoms with Crippen LogP contribution in [0.1, 0.15) is 41.2 Å². The number of aromatic carboxylic acids is 1. The first-order valence-electron chi connectivity index (χ1n) is 6.29. The van der Waals surface area contributed by atoms with E-state index in [1.54, 1.807) is 0 Å². The van der Waals surface area contributed by atoms with Crippen molar-refractivity contribution >= 4 is 23.2 Å². The molecule has 104 valence electrons. The van der Waals surface area contributed by atoms with Gasteiger partial charge in [-0.25, -0.2) is 9.78 Å². The standard InChI is InChI=1S/C12H17N3O3S/c13-8-4-2-1-3-7(8)11(16)14-5-10-15-9(6-19-10)12(17)18/h6-8H,1-5,13H2,(H,14,16)(H,17,18). The zero-order chi connectivity index (χ0) is 13.8. The van der Waals surface area contributed by atoms with Crippen molar-refractivity contribution in [2.75, 3.05) is 0 Å². The molecule has 1 aliphatic rings. The molecular weight excluding hydrogens is 266 g/mol. The van der Waals surface area contributed by atoms with Gasteiger partial charge in [-0.15, -0.1) is 11.3 Å². The van der Waals surface area contributed by atoms with Crippen LogP contribution >= 0.6 is 11.3 Å². The van der Waals surface area contributed by atoms with Crippen LogP contribution in [-0.2, 0) is 11.3 Å². The third kappa shape index (κ3) is 3.51. The van der Waals surface area contributed by atoms with Crippen LogP contribution in [0.4, 0.5) is 0 Å². The number of nitrogens with one attached hydrogen (secondary N) is 1. The summed E-state index contributed by atoms with van der Waals surface area (Å²) in [5, 5.41) is 13.6. The number of aromatic nitrogens is 1. The van der Waals surface area contributed by atoms with E-state index in [1.807, 2.05) is 0 Å². The molecular formula is C12H17N3O3S. The average Bonchev–Trinajstić information content (AvgIpc) is 2.85. The maximum atomic E-state index is 12.0. The molecule has 2 unspecified atom stereocenters. The molecule has 6 nitrogen and oxygen atoms in total. The number of hydrogen-bond acceptors (Lipinski definition) is 5. The van der Waals surface area contributed by atoms with E-state index in [4.69, 9.17) is 10.8 Å². The van der Waals surface area contributed by atoms with Gasteiger partial charge in [-0.2, -0.15) is 0 Å². The van der Waals surface area contributed by atoms with E-state index in [2.05, 4.69) is 10.3 Å². The number of nitrogens with two attached hydrogens (primary N) is 1. The third-order valence-electron chi connectivity index (χ3n) is 3.34. The van der Waals surface area contributed by atoms with Crippen molar-refractivity contribution in [1.82, 2.24) is 10.3 Å². The van der Waals surface area contributed by atoms with Gasteiger partial charge in [0.05, 0.1) is 12.5 Å². The Balaban J connectivity index is 1.87. The minimum absolute atomic E-state index is 0.0172. The summed E-state index contributed by atoms with van der Waals surface area (Å²) in [4.78, 5) is 26.6. The predicted molar refractivity (Wildman–Crippen MR) is 70.9 cm³/mol. The summed E-state index contributed by atoms with van der Waals surface area (Å²) in [6.07, 6.45) is 3.83. The largest absolute Gasteiger partial charge is 0.476 e. The van der Waals surface area contributed by atoms with Gasteiger partial charge in [0.1, 0.15) is 5.01 Å². The Morgan fingerprint density at radius 3 is 2.84 bits per heavy atom. The van der Waals surface area contributed by atoms with Crippen LogP contribution in [0.5, 0.6) is 0 Å². The minimum Gasteiger partial charge on any atom is -0.476 e. The van der Waals surface area contributed by atoms with Crippen molar-refractivity contribution in [1.29, 1.82) is 0 Å². The maximum absolute atomic E-state index is 12.0. The Bertz CT molecular complexity index is 475. The van der Waals surface area contributed by atoms with Gasteiger partial charge in [0.25, 0.3) is 0 Å². The smallest absolute Gasteiger partial charge is 0.355 e. The lowest BCUT2D eigenvalue weighted by Crippen LogP contribution is -2.43. The van der Waals surface area contributed by atoms with Crippen molar-refractivity contribution in [2.45, 2.75) is 38.3 Å². The zero-order valence-corrected chi connectivity index (χ0v) is 11.3. The van der Waals surface area contributed by atoms with Gasteiger partial charge >= 0.3 is 5.97 Å². The van der Waals surface area contributed by atoms with Gasteiger partial charge < -0.3 is 16.2 Å². The van der Waals surface area contributed by atoms with Gasteiger partial charge in [0, 0.05) is 11.4 Å². The number of carboxylic acids is 1. The van der Waals surface area contributed by atoms with Crippen molar-refractivity contribution < 1.29 is 14.7 Å². The number of thiazole rings is 1. The summed E-state index contributed by atoms with van der Waals surface area (Å²) in [6, 6.07) is -0.0698. The summed E-state index contributed by atoms with van der Waals surface area (Å²) >= 11 is 1.23. The highest BCUT2D eigenvalue weighted by Crippen LogP contribution is 2.23. The number of rotatable bonds is 4. The number of amides is 1. The Morgan fingerprint density at radius 1 is 1.47 bits per heavy atom. The van der Waals surface area contributed by atoms with Crippen molar-refractivity contribution in [3.63, 3.8) is 0 Å². The fraction of sp³-hybridized carbons (Fsp3) is 0.583. The van der Waals surface area contributed by atoms with Crippen LogP contribution in [0, 0.1) is 5.92 Å². The molecule has 1 aliphatic carbocycles. The van der Waals surface area contributed by atoms with Crippen LogP contribution < -0.4 is 11.1 Å². The lowest BCUT2D eigenvalue weighted by Gasteiger charge is -2.27. The Kier molecular flexibility index (Phi) is 4.49. The second-order valence-corrected chi connectivity index (χ2v) is 5.65. The highest BCUT2D eigenvalue weighted by molar-refractivity contribution is 7.09. The molecule has 2 rings (SSSR count). The molecule has 1 aromatic heterocycles. The molecule has 0 spiro atoms. The molecule has 19 heavy (non-hydrogen) atoms. The fourth-order valence-corrected chi connectivity index (χ4v) is 2.98. The Labute approximate surface area is 115 Å². The summed E-state index contributed by atoms with van der Waals surface area (Å²) in [5.74, 6) is -1.24. The van der Waals surface area contributed by atoms with Gasteiger partial charge in [-0.1, -0.05) is 12.8 Å². The number of nitrogens with zero attached hydrogens (tertiary/aromatic N) is 1. The number of hydrogen-bond donors (Lipinski definition) is 3. The lowest BCUT2D eigenvalue weighted by atomic mass is 9.84. The van der Waals surface area contributed by atoms with E-state index >= 15 is 0 Å². The molecule has 7 heteroatoms.